The van der Waals surface area contributed by atoms with E-state index >= 15 is 0 Å². The van der Waals surface area contributed by atoms with E-state index in [0.717, 1.165) is 23.5 Å². The quantitative estimate of drug-likeness (QED) is 0.668. The van der Waals surface area contributed by atoms with Crippen molar-refractivity contribution in [1.82, 2.24) is 30.3 Å². The van der Waals surface area contributed by atoms with Gasteiger partial charge in [-0.05, 0) is 31.2 Å². The van der Waals surface area contributed by atoms with Crippen LogP contribution in [0, 0.1) is 0 Å². The number of alkyl halides is 3. The van der Waals surface area contributed by atoms with Crippen molar-refractivity contribution in [3.63, 3.8) is 0 Å². The molecule has 0 aliphatic carbocycles. The first-order chi connectivity index (χ1) is 14.3. The van der Waals surface area contributed by atoms with Crippen molar-refractivity contribution in [3.05, 3.63) is 47.9 Å². The Morgan fingerprint density at radius 3 is 2.83 bits per heavy atom. The molecule has 0 fully saturated rings. The highest BCUT2D eigenvalue weighted by atomic mass is 19.4. The highest BCUT2D eigenvalue weighted by molar-refractivity contribution is 5.75. The zero-order valence-electron chi connectivity index (χ0n) is 15.7. The summed E-state index contributed by atoms with van der Waals surface area (Å²) >= 11 is 0. The fraction of sp³-hybridized carbons (Fsp3) is 0.333. The molecule has 158 valence electrons. The van der Waals surface area contributed by atoms with E-state index in [1.54, 1.807) is 11.2 Å². The number of fused-ring (bicyclic) bond motifs is 1. The van der Waals surface area contributed by atoms with E-state index in [0.29, 0.717) is 25.1 Å². The van der Waals surface area contributed by atoms with Crippen LogP contribution in [0.3, 0.4) is 0 Å². The molecule has 1 aliphatic rings. The molecule has 2 aromatic heterocycles. The van der Waals surface area contributed by atoms with Crippen LogP contribution in [-0.2, 0) is 13.0 Å². The van der Waals surface area contributed by atoms with Crippen LogP contribution in [0.1, 0.15) is 30.2 Å². The average molecular weight is 422 g/mol. The van der Waals surface area contributed by atoms with E-state index < -0.39 is 12.4 Å². The van der Waals surface area contributed by atoms with E-state index in [4.69, 9.17) is 4.52 Å². The summed E-state index contributed by atoms with van der Waals surface area (Å²) in [6.45, 7) is 2.57. The molecule has 0 radical (unpaired) electrons. The first-order valence-electron chi connectivity index (χ1n) is 9.09. The molecular formula is C18H17F3N6O3. The Morgan fingerprint density at radius 2 is 2.13 bits per heavy atom. The molecule has 0 spiro atoms. The SMILES string of the molecule is CCNC(=O)N1Cc2[nH]cnc2C[C@H]1c1nc(-c2ccc(OC(F)(F)F)cc2)no1. The van der Waals surface area contributed by atoms with Crippen LogP contribution in [-0.4, -0.2) is 43.9 Å². The second-order valence-corrected chi connectivity index (χ2v) is 6.54. The lowest BCUT2D eigenvalue weighted by atomic mass is 10.0. The summed E-state index contributed by atoms with van der Waals surface area (Å²) in [5.41, 5.74) is 2.08. The van der Waals surface area contributed by atoms with Crippen LogP contribution in [0.2, 0.25) is 0 Å². The molecule has 3 heterocycles. The molecule has 0 unspecified atom stereocenters. The molecule has 1 aliphatic heterocycles. The second kappa shape index (κ2) is 7.69. The summed E-state index contributed by atoms with van der Waals surface area (Å²) < 4.78 is 46.2. The molecule has 30 heavy (non-hydrogen) atoms. The van der Waals surface area contributed by atoms with Crippen molar-refractivity contribution in [2.75, 3.05) is 6.54 Å². The number of imidazole rings is 1. The Kier molecular flexibility index (Phi) is 5.06. The number of carbonyl (C=O) groups is 1. The van der Waals surface area contributed by atoms with Gasteiger partial charge < -0.3 is 24.5 Å². The Hall–Kier alpha value is -3.57. The van der Waals surface area contributed by atoms with Crippen LogP contribution < -0.4 is 10.1 Å². The number of nitrogens with one attached hydrogen (secondary N) is 2. The summed E-state index contributed by atoms with van der Waals surface area (Å²) in [5.74, 6) is 0.0449. The van der Waals surface area contributed by atoms with Gasteiger partial charge in [0.05, 0.1) is 24.3 Å². The van der Waals surface area contributed by atoms with E-state index in [9.17, 15) is 18.0 Å². The molecule has 3 aromatic rings. The van der Waals surface area contributed by atoms with Gasteiger partial charge in [-0.1, -0.05) is 5.16 Å². The zero-order valence-corrected chi connectivity index (χ0v) is 15.7. The minimum Gasteiger partial charge on any atom is -0.406 e. The number of amides is 2. The first kappa shape index (κ1) is 19.7. The van der Waals surface area contributed by atoms with Gasteiger partial charge >= 0.3 is 12.4 Å². The van der Waals surface area contributed by atoms with E-state index in [1.807, 2.05) is 6.92 Å². The van der Waals surface area contributed by atoms with Crippen molar-refractivity contribution in [3.8, 4) is 17.1 Å². The summed E-state index contributed by atoms with van der Waals surface area (Å²) in [7, 11) is 0. The third-order valence-electron chi connectivity index (χ3n) is 4.56. The maximum absolute atomic E-state index is 12.5. The maximum atomic E-state index is 12.5. The Balaban J connectivity index is 1.58. The minimum absolute atomic E-state index is 0.187. The summed E-state index contributed by atoms with van der Waals surface area (Å²) in [4.78, 5) is 25.7. The summed E-state index contributed by atoms with van der Waals surface area (Å²) in [6.07, 6.45) is -2.82. The molecule has 0 saturated heterocycles. The smallest absolute Gasteiger partial charge is 0.406 e. The number of ether oxygens (including phenoxy) is 1. The molecule has 12 heteroatoms. The fourth-order valence-electron chi connectivity index (χ4n) is 3.22. The molecule has 1 aromatic carbocycles. The van der Waals surface area contributed by atoms with Crippen LogP contribution in [0.15, 0.2) is 35.1 Å². The predicted molar refractivity (Wildman–Crippen MR) is 96.1 cm³/mol. The number of H-pyrrole nitrogens is 1. The van der Waals surface area contributed by atoms with Crippen molar-refractivity contribution >= 4 is 6.03 Å². The van der Waals surface area contributed by atoms with E-state index in [2.05, 4.69) is 30.2 Å². The Bertz CT molecular complexity index is 1030. The summed E-state index contributed by atoms with van der Waals surface area (Å²) in [6, 6.07) is 4.30. The van der Waals surface area contributed by atoms with Gasteiger partial charge in [-0.3, -0.25) is 0 Å². The number of urea groups is 1. The minimum atomic E-state index is -4.77. The largest absolute Gasteiger partial charge is 0.573 e. The van der Waals surface area contributed by atoms with Gasteiger partial charge in [-0.15, -0.1) is 13.2 Å². The van der Waals surface area contributed by atoms with Gasteiger partial charge in [0.25, 0.3) is 0 Å². The van der Waals surface area contributed by atoms with Gasteiger partial charge in [-0.25, -0.2) is 9.78 Å². The fourth-order valence-corrected chi connectivity index (χ4v) is 3.22. The maximum Gasteiger partial charge on any atom is 0.573 e. The third-order valence-corrected chi connectivity index (χ3v) is 4.56. The molecule has 4 rings (SSSR count). The number of aromatic nitrogens is 4. The van der Waals surface area contributed by atoms with Gasteiger partial charge in [0, 0.05) is 18.5 Å². The molecule has 9 nitrogen and oxygen atoms in total. The number of hydrogen-bond donors (Lipinski definition) is 2. The van der Waals surface area contributed by atoms with Gasteiger partial charge in [0.1, 0.15) is 11.8 Å². The summed E-state index contributed by atoms with van der Waals surface area (Å²) in [5, 5.41) is 6.67. The molecular weight excluding hydrogens is 405 g/mol. The molecule has 2 amide bonds. The topological polar surface area (TPSA) is 109 Å². The number of hydrogen-bond acceptors (Lipinski definition) is 6. The molecule has 1 atom stereocenters. The Labute approximate surface area is 168 Å². The second-order valence-electron chi connectivity index (χ2n) is 6.54. The number of nitrogens with zero attached hydrogens (tertiary/aromatic N) is 4. The number of benzene rings is 1. The number of carbonyl (C=O) groups excluding carboxylic acids is 1. The zero-order chi connectivity index (χ0) is 21.3. The number of rotatable bonds is 4. The van der Waals surface area contributed by atoms with Crippen LogP contribution in [0.4, 0.5) is 18.0 Å². The van der Waals surface area contributed by atoms with E-state index in [1.165, 1.54) is 12.1 Å². The van der Waals surface area contributed by atoms with Crippen molar-refractivity contribution in [1.29, 1.82) is 0 Å². The molecule has 2 N–H and O–H groups in total. The molecule has 0 bridgehead atoms. The average Bonchev–Trinajstić information content (AvgIpc) is 3.35. The van der Waals surface area contributed by atoms with Crippen molar-refractivity contribution < 1.29 is 27.2 Å². The van der Waals surface area contributed by atoms with Crippen LogP contribution in [0.25, 0.3) is 11.4 Å². The van der Waals surface area contributed by atoms with Gasteiger partial charge in [0.2, 0.25) is 11.7 Å². The van der Waals surface area contributed by atoms with Crippen molar-refractivity contribution in [2.45, 2.75) is 32.3 Å². The lowest BCUT2D eigenvalue weighted by Crippen LogP contribution is -2.44. The Morgan fingerprint density at radius 1 is 1.37 bits per heavy atom. The van der Waals surface area contributed by atoms with Gasteiger partial charge in [-0.2, -0.15) is 4.98 Å². The van der Waals surface area contributed by atoms with Gasteiger partial charge in [0.15, 0.2) is 0 Å². The highest BCUT2D eigenvalue weighted by Gasteiger charge is 2.36. The predicted octanol–water partition coefficient (Wildman–Crippen LogP) is 3.19. The lowest BCUT2D eigenvalue weighted by molar-refractivity contribution is -0.274. The van der Waals surface area contributed by atoms with Crippen LogP contribution in [0.5, 0.6) is 5.75 Å². The standard InChI is InChI=1S/C18H17F3N6O3/c1-2-22-17(28)27-8-13-12(23-9-24-13)7-14(27)16-25-15(26-30-16)10-3-5-11(6-4-10)29-18(19,20)21/h3-6,9,14H,2,7-8H2,1H3,(H,22,28)(H,23,24)/t14-/m0/s1. The molecule has 0 saturated carbocycles. The van der Waals surface area contributed by atoms with Crippen LogP contribution >= 0.6 is 0 Å². The third kappa shape index (κ3) is 4.07. The first-order valence-corrected chi connectivity index (χ1v) is 9.09. The highest BCUT2D eigenvalue weighted by Crippen LogP contribution is 2.32. The normalized spacial score (nSPS) is 16.3. The number of halogens is 3. The van der Waals surface area contributed by atoms with E-state index in [-0.39, 0.29) is 23.5 Å². The van der Waals surface area contributed by atoms with Crippen molar-refractivity contribution in [2.24, 2.45) is 0 Å². The number of aromatic amines is 1. The lowest BCUT2D eigenvalue weighted by Gasteiger charge is -2.32. The monoisotopic (exact) mass is 422 g/mol.